The Bertz CT molecular complexity index is 249. The fourth-order valence-corrected chi connectivity index (χ4v) is 1.57. The lowest BCUT2D eigenvalue weighted by Crippen LogP contribution is -2.10. The van der Waals surface area contributed by atoms with Crippen LogP contribution in [-0.2, 0) is 6.42 Å². The van der Waals surface area contributed by atoms with E-state index < -0.39 is 0 Å². The highest BCUT2D eigenvalue weighted by atomic mass is 35.5. The quantitative estimate of drug-likeness (QED) is 0.774. The van der Waals surface area contributed by atoms with Crippen molar-refractivity contribution in [3.63, 3.8) is 0 Å². The number of alkyl halides is 1. The maximum Gasteiger partial charge on any atom is 0.202 e. The SMILES string of the molecule is CCCc1nsc(NCC(C)Cl)n1. The molecule has 0 aliphatic rings. The molecule has 3 nitrogen and oxygen atoms in total. The first-order chi connectivity index (χ1) is 6.22. The van der Waals surface area contributed by atoms with Gasteiger partial charge in [-0.25, -0.2) is 4.98 Å². The molecule has 0 fully saturated rings. The maximum atomic E-state index is 5.79. The van der Waals surface area contributed by atoms with Crippen LogP contribution in [0.2, 0.25) is 0 Å². The minimum atomic E-state index is 0.124. The molecule has 74 valence electrons. The van der Waals surface area contributed by atoms with Crippen LogP contribution in [-0.4, -0.2) is 21.3 Å². The molecule has 0 aliphatic heterocycles. The summed E-state index contributed by atoms with van der Waals surface area (Å²) in [6, 6.07) is 0. The third-order valence-electron chi connectivity index (χ3n) is 1.48. The van der Waals surface area contributed by atoms with E-state index in [2.05, 4.69) is 21.6 Å². The fraction of sp³-hybridized carbons (Fsp3) is 0.750. The van der Waals surface area contributed by atoms with Crippen molar-refractivity contribution in [1.29, 1.82) is 0 Å². The van der Waals surface area contributed by atoms with Crippen LogP contribution >= 0.6 is 23.1 Å². The van der Waals surface area contributed by atoms with Crippen LogP contribution in [0.3, 0.4) is 0 Å². The Balaban J connectivity index is 2.39. The van der Waals surface area contributed by atoms with E-state index in [4.69, 9.17) is 11.6 Å². The highest BCUT2D eigenvalue weighted by molar-refractivity contribution is 7.09. The molecule has 1 atom stereocenters. The highest BCUT2D eigenvalue weighted by Crippen LogP contribution is 2.12. The molecule has 1 rings (SSSR count). The molecule has 13 heavy (non-hydrogen) atoms. The number of aryl methyl sites for hydroxylation is 1. The van der Waals surface area contributed by atoms with E-state index in [0.29, 0.717) is 0 Å². The molecule has 0 saturated heterocycles. The summed E-state index contributed by atoms with van der Waals surface area (Å²) in [7, 11) is 0. The molecule has 1 aromatic heterocycles. The van der Waals surface area contributed by atoms with Crippen molar-refractivity contribution in [2.45, 2.75) is 32.1 Å². The zero-order valence-electron chi connectivity index (χ0n) is 7.88. The van der Waals surface area contributed by atoms with Gasteiger partial charge in [0.1, 0.15) is 5.82 Å². The van der Waals surface area contributed by atoms with Crippen LogP contribution < -0.4 is 5.32 Å². The lowest BCUT2D eigenvalue weighted by atomic mass is 10.3. The van der Waals surface area contributed by atoms with Crippen LogP contribution in [0.15, 0.2) is 0 Å². The molecule has 0 saturated carbocycles. The first-order valence-electron chi connectivity index (χ1n) is 4.43. The summed E-state index contributed by atoms with van der Waals surface area (Å²) in [5.41, 5.74) is 0. The van der Waals surface area contributed by atoms with Gasteiger partial charge in [-0.15, -0.1) is 11.6 Å². The first kappa shape index (κ1) is 10.7. The Morgan fingerprint density at radius 2 is 2.38 bits per heavy atom. The summed E-state index contributed by atoms with van der Waals surface area (Å²) in [6.07, 6.45) is 2.04. The van der Waals surface area contributed by atoms with E-state index in [-0.39, 0.29) is 5.38 Å². The molecule has 5 heteroatoms. The Morgan fingerprint density at radius 1 is 1.62 bits per heavy atom. The van der Waals surface area contributed by atoms with Crippen molar-refractivity contribution in [3.05, 3.63) is 5.82 Å². The molecular weight excluding hydrogens is 206 g/mol. The second-order valence-corrected chi connectivity index (χ2v) is 4.42. The van der Waals surface area contributed by atoms with Gasteiger partial charge in [-0.1, -0.05) is 6.92 Å². The van der Waals surface area contributed by atoms with Crippen LogP contribution in [0.25, 0.3) is 0 Å². The fourth-order valence-electron chi connectivity index (χ4n) is 0.879. The van der Waals surface area contributed by atoms with Gasteiger partial charge in [0.2, 0.25) is 5.13 Å². The van der Waals surface area contributed by atoms with Crippen molar-refractivity contribution in [2.75, 3.05) is 11.9 Å². The van der Waals surface area contributed by atoms with E-state index >= 15 is 0 Å². The highest BCUT2D eigenvalue weighted by Gasteiger charge is 2.03. The standard InChI is InChI=1S/C8H14ClN3S/c1-3-4-7-11-8(13-12-7)10-5-6(2)9/h6H,3-5H2,1-2H3,(H,10,11,12). The van der Waals surface area contributed by atoms with Crippen molar-refractivity contribution in [3.8, 4) is 0 Å². The Morgan fingerprint density at radius 3 is 3.00 bits per heavy atom. The van der Waals surface area contributed by atoms with E-state index in [1.165, 1.54) is 11.5 Å². The van der Waals surface area contributed by atoms with Crippen LogP contribution in [0, 0.1) is 0 Å². The number of anilines is 1. The van der Waals surface area contributed by atoms with Gasteiger partial charge in [-0.3, -0.25) is 0 Å². The molecule has 0 radical (unpaired) electrons. The average molecular weight is 220 g/mol. The molecule has 1 heterocycles. The zero-order valence-corrected chi connectivity index (χ0v) is 9.45. The van der Waals surface area contributed by atoms with Gasteiger partial charge in [0, 0.05) is 29.9 Å². The third kappa shape index (κ3) is 3.91. The molecule has 0 aliphatic carbocycles. The van der Waals surface area contributed by atoms with Crippen molar-refractivity contribution < 1.29 is 0 Å². The van der Waals surface area contributed by atoms with E-state index in [1.54, 1.807) is 0 Å². The van der Waals surface area contributed by atoms with Gasteiger partial charge in [-0.2, -0.15) is 4.37 Å². The second-order valence-electron chi connectivity index (χ2n) is 2.93. The number of hydrogen-bond donors (Lipinski definition) is 1. The van der Waals surface area contributed by atoms with Crippen molar-refractivity contribution in [1.82, 2.24) is 9.36 Å². The maximum absolute atomic E-state index is 5.79. The van der Waals surface area contributed by atoms with Gasteiger partial charge in [0.05, 0.1) is 0 Å². The van der Waals surface area contributed by atoms with Gasteiger partial charge in [0.25, 0.3) is 0 Å². The van der Waals surface area contributed by atoms with E-state index in [1.807, 2.05) is 6.92 Å². The lowest BCUT2D eigenvalue weighted by Gasteiger charge is -2.01. The molecule has 1 N–H and O–H groups in total. The van der Waals surface area contributed by atoms with Crippen molar-refractivity contribution >= 4 is 28.3 Å². The molecule has 0 bridgehead atoms. The van der Waals surface area contributed by atoms with Gasteiger partial charge < -0.3 is 5.32 Å². The van der Waals surface area contributed by atoms with Crippen LogP contribution in [0.4, 0.5) is 5.13 Å². The average Bonchev–Trinajstić information content (AvgIpc) is 2.50. The monoisotopic (exact) mass is 219 g/mol. The summed E-state index contributed by atoms with van der Waals surface area (Å²) >= 11 is 7.19. The second kappa shape index (κ2) is 5.40. The minimum absolute atomic E-state index is 0.124. The van der Waals surface area contributed by atoms with E-state index in [0.717, 1.165) is 30.3 Å². The van der Waals surface area contributed by atoms with Crippen molar-refractivity contribution in [2.24, 2.45) is 0 Å². The third-order valence-corrected chi connectivity index (χ3v) is 2.34. The number of nitrogens with one attached hydrogen (secondary N) is 1. The molecule has 0 amide bonds. The minimum Gasteiger partial charge on any atom is -0.359 e. The Kier molecular flexibility index (Phi) is 4.45. The molecule has 0 spiro atoms. The normalized spacial score (nSPS) is 12.8. The van der Waals surface area contributed by atoms with Crippen LogP contribution in [0.5, 0.6) is 0 Å². The predicted octanol–water partition coefficient (Wildman–Crippen LogP) is 2.53. The van der Waals surface area contributed by atoms with Crippen LogP contribution in [0.1, 0.15) is 26.1 Å². The topological polar surface area (TPSA) is 37.8 Å². The molecule has 1 unspecified atom stereocenters. The van der Waals surface area contributed by atoms with Gasteiger partial charge in [0.15, 0.2) is 0 Å². The van der Waals surface area contributed by atoms with Gasteiger partial charge in [-0.05, 0) is 13.3 Å². The van der Waals surface area contributed by atoms with Gasteiger partial charge >= 0.3 is 0 Å². The summed E-state index contributed by atoms with van der Waals surface area (Å²) in [4.78, 5) is 4.31. The number of rotatable bonds is 5. The number of hydrogen-bond acceptors (Lipinski definition) is 4. The largest absolute Gasteiger partial charge is 0.359 e. The summed E-state index contributed by atoms with van der Waals surface area (Å²) < 4.78 is 4.21. The number of aromatic nitrogens is 2. The molecule has 0 aromatic carbocycles. The first-order valence-corrected chi connectivity index (χ1v) is 5.64. The predicted molar refractivity (Wildman–Crippen MR) is 57.7 cm³/mol. The molecule has 1 aromatic rings. The summed E-state index contributed by atoms with van der Waals surface area (Å²) in [5, 5.41) is 4.13. The number of nitrogens with zero attached hydrogens (tertiary/aromatic N) is 2. The smallest absolute Gasteiger partial charge is 0.202 e. The zero-order chi connectivity index (χ0) is 9.68. The molecular formula is C8H14ClN3S. The number of halogens is 1. The Hall–Kier alpha value is -0.350. The summed E-state index contributed by atoms with van der Waals surface area (Å²) in [5.74, 6) is 0.928. The van der Waals surface area contributed by atoms with E-state index in [9.17, 15) is 0 Å². The summed E-state index contributed by atoms with van der Waals surface area (Å²) in [6.45, 7) is 4.81. The Labute approximate surface area is 87.7 Å². The lowest BCUT2D eigenvalue weighted by molar-refractivity contribution is 0.860.